The number of piperidine rings is 1. The average molecular weight is 383 g/mol. The number of aliphatic imine (C=N–C) groups is 1. The van der Waals surface area contributed by atoms with Crippen molar-refractivity contribution >= 4 is 33.1 Å². The van der Waals surface area contributed by atoms with Crippen LogP contribution in [0.4, 0.5) is 0 Å². The Hall–Kier alpha value is -1.94. The molecule has 2 heterocycles. The summed E-state index contributed by atoms with van der Waals surface area (Å²) in [5, 5.41) is 0. The first kappa shape index (κ1) is 15.6. The molecule has 1 saturated heterocycles. The van der Waals surface area contributed by atoms with E-state index in [4.69, 9.17) is 0 Å². The summed E-state index contributed by atoms with van der Waals surface area (Å²) in [5.74, 6) is -0.111. The quantitative estimate of drug-likeness (QED) is 0.720. The fourth-order valence-corrected chi connectivity index (χ4v) is 4.00. The SMILES string of the molecule is O=C1N=C2C=CC(Br)C=C2C(c2ccccc2)=C1N1CCCCC1. The number of rotatable bonds is 2. The van der Waals surface area contributed by atoms with Crippen molar-refractivity contribution in [3.05, 3.63) is 65.4 Å². The summed E-state index contributed by atoms with van der Waals surface area (Å²) in [4.78, 5) is 19.6. The number of nitrogens with zero attached hydrogens (tertiary/aromatic N) is 2. The molecule has 0 bridgehead atoms. The zero-order valence-corrected chi connectivity index (χ0v) is 15.0. The largest absolute Gasteiger partial charge is 0.367 e. The van der Waals surface area contributed by atoms with Gasteiger partial charge in [0.15, 0.2) is 0 Å². The highest BCUT2D eigenvalue weighted by Gasteiger charge is 2.32. The van der Waals surface area contributed by atoms with Gasteiger partial charge in [-0.15, -0.1) is 0 Å². The summed E-state index contributed by atoms with van der Waals surface area (Å²) < 4.78 is 0. The predicted octanol–water partition coefficient (Wildman–Crippen LogP) is 4.12. The minimum Gasteiger partial charge on any atom is -0.367 e. The fourth-order valence-electron chi connectivity index (χ4n) is 3.59. The summed E-state index contributed by atoms with van der Waals surface area (Å²) in [7, 11) is 0. The second kappa shape index (κ2) is 6.52. The lowest BCUT2D eigenvalue weighted by molar-refractivity contribution is -0.115. The smallest absolute Gasteiger partial charge is 0.294 e. The average Bonchev–Trinajstić information content (AvgIpc) is 2.62. The van der Waals surface area contributed by atoms with Crippen molar-refractivity contribution in [2.45, 2.75) is 24.1 Å². The van der Waals surface area contributed by atoms with Crippen LogP contribution in [-0.4, -0.2) is 34.4 Å². The number of carbonyl (C=O) groups is 1. The van der Waals surface area contributed by atoms with Gasteiger partial charge in [-0.2, -0.15) is 0 Å². The molecule has 0 spiro atoms. The molecule has 1 unspecified atom stereocenters. The van der Waals surface area contributed by atoms with Crippen LogP contribution in [0.5, 0.6) is 0 Å². The van der Waals surface area contributed by atoms with Gasteiger partial charge in [-0.3, -0.25) is 4.79 Å². The maximum atomic E-state index is 12.9. The zero-order chi connectivity index (χ0) is 16.5. The van der Waals surface area contributed by atoms with E-state index in [-0.39, 0.29) is 10.7 Å². The van der Waals surface area contributed by atoms with Crippen LogP contribution in [0.15, 0.2) is 64.8 Å². The second-order valence-electron chi connectivity index (χ2n) is 6.32. The van der Waals surface area contributed by atoms with Gasteiger partial charge in [-0.05, 0) is 30.9 Å². The third-order valence-corrected chi connectivity index (χ3v) is 5.27. The van der Waals surface area contributed by atoms with Gasteiger partial charge in [-0.1, -0.05) is 58.4 Å². The number of fused-ring (bicyclic) bond motifs is 1. The molecule has 0 N–H and O–H groups in total. The predicted molar refractivity (Wildman–Crippen MR) is 101 cm³/mol. The molecule has 0 saturated carbocycles. The molecule has 0 aromatic heterocycles. The molecule has 1 aromatic carbocycles. The molecule has 4 rings (SSSR count). The Bertz CT molecular complexity index is 783. The van der Waals surface area contributed by atoms with Crippen LogP contribution in [-0.2, 0) is 4.79 Å². The molecule has 3 aliphatic rings. The van der Waals surface area contributed by atoms with Gasteiger partial charge < -0.3 is 4.90 Å². The molecule has 1 fully saturated rings. The second-order valence-corrected chi connectivity index (χ2v) is 7.38. The summed E-state index contributed by atoms with van der Waals surface area (Å²) >= 11 is 3.64. The standard InChI is InChI=1S/C20H19BrN2O/c21-15-9-10-17-16(13-15)18(14-7-3-1-4-8-14)19(20(24)22-17)23-11-5-2-6-12-23/h1,3-4,7-10,13,15H,2,5-6,11-12H2. The van der Waals surface area contributed by atoms with E-state index in [1.165, 1.54) is 6.42 Å². The molecule has 2 aliphatic heterocycles. The monoisotopic (exact) mass is 382 g/mol. The van der Waals surface area contributed by atoms with Crippen LogP contribution in [0.3, 0.4) is 0 Å². The highest BCUT2D eigenvalue weighted by atomic mass is 79.9. The maximum Gasteiger partial charge on any atom is 0.294 e. The fraction of sp³-hybridized carbons (Fsp3) is 0.300. The number of alkyl halides is 1. The lowest BCUT2D eigenvalue weighted by Crippen LogP contribution is -2.35. The van der Waals surface area contributed by atoms with E-state index >= 15 is 0 Å². The zero-order valence-electron chi connectivity index (χ0n) is 13.4. The molecule has 1 amide bonds. The van der Waals surface area contributed by atoms with Crippen molar-refractivity contribution in [3.8, 4) is 0 Å². The first-order chi connectivity index (χ1) is 11.7. The molecule has 0 radical (unpaired) electrons. The van der Waals surface area contributed by atoms with Crippen LogP contribution < -0.4 is 0 Å². The van der Waals surface area contributed by atoms with E-state index in [2.05, 4.69) is 44.0 Å². The number of halogens is 1. The minimum atomic E-state index is -0.111. The van der Waals surface area contributed by atoms with Crippen LogP contribution in [0.1, 0.15) is 24.8 Å². The summed E-state index contributed by atoms with van der Waals surface area (Å²) in [6, 6.07) is 10.2. The Balaban J connectivity index is 1.90. The van der Waals surface area contributed by atoms with Gasteiger partial charge in [-0.25, -0.2) is 4.99 Å². The van der Waals surface area contributed by atoms with Gasteiger partial charge in [0.05, 0.1) is 10.5 Å². The van der Waals surface area contributed by atoms with Crippen molar-refractivity contribution in [1.82, 2.24) is 4.90 Å². The van der Waals surface area contributed by atoms with Crippen molar-refractivity contribution in [2.24, 2.45) is 4.99 Å². The highest BCUT2D eigenvalue weighted by Crippen LogP contribution is 2.37. The Morgan fingerprint density at radius 2 is 1.83 bits per heavy atom. The van der Waals surface area contributed by atoms with Gasteiger partial charge in [0.2, 0.25) is 0 Å². The number of hydrogen-bond acceptors (Lipinski definition) is 2. The number of dihydropyridines is 1. The number of amides is 1. The summed E-state index contributed by atoms with van der Waals surface area (Å²) in [6.45, 7) is 1.87. The highest BCUT2D eigenvalue weighted by molar-refractivity contribution is 9.09. The van der Waals surface area contributed by atoms with E-state index < -0.39 is 0 Å². The third-order valence-electron chi connectivity index (χ3n) is 4.71. The molecule has 3 nitrogen and oxygen atoms in total. The molecule has 4 heteroatoms. The Morgan fingerprint density at radius 1 is 1.08 bits per heavy atom. The lowest BCUT2D eigenvalue weighted by Gasteiger charge is -2.34. The van der Waals surface area contributed by atoms with E-state index in [0.29, 0.717) is 0 Å². The molecule has 1 aliphatic carbocycles. The van der Waals surface area contributed by atoms with Crippen molar-refractivity contribution in [3.63, 3.8) is 0 Å². The molecule has 1 aromatic rings. The number of likely N-dealkylation sites (tertiary alicyclic amines) is 1. The van der Waals surface area contributed by atoms with Crippen molar-refractivity contribution in [2.75, 3.05) is 13.1 Å². The first-order valence-corrected chi connectivity index (χ1v) is 9.38. The van der Waals surface area contributed by atoms with E-state index in [1.807, 2.05) is 30.4 Å². The Morgan fingerprint density at radius 3 is 2.58 bits per heavy atom. The molecule has 122 valence electrons. The molecule has 24 heavy (non-hydrogen) atoms. The maximum absolute atomic E-state index is 12.9. The van der Waals surface area contributed by atoms with Gasteiger partial charge in [0.1, 0.15) is 5.70 Å². The Labute approximate surface area is 150 Å². The minimum absolute atomic E-state index is 0.111. The molecule has 1 atom stereocenters. The lowest BCUT2D eigenvalue weighted by atomic mass is 9.86. The number of carbonyl (C=O) groups excluding carboxylic acids is 1. The van der Waals surface area contributed by atoms with E-state index in [9.17, 15) is 4.79 Å². The summed E-state index contributed by atoms with van der Waals surface area (Å²) in [5.41, 5.74) is 4.72. The molecular formula is C20H19BrN2O. The Kier molecular flexibility index (Phi) is 4.23. The third kappa shape index (κ3) is 2.80. The topological polar surface area (TPSA) is 32.7 Å². The van der Waals surface area contributed by atoms with Crippen molar-refractivity contribution < 1.29 is 4.79 Å². The number of hydrogen-bond donors (Lipinski definition) is 0. The van der Waals surface area contributed by atoms with E-state index in [1.54, 1.807) is 0 Å². The van der Waals surface area contributed by atoms with Gasteiger partial charge >= 0.3 is 0 Å². The van der Waals surface area contributed by atoms with Crippen molar-refractivity contribution in [1.29, 1.82) is 0 Å². The molecular weight excluding hydrogens is 364 g/mol. The van der Waals surface area contributed by atoms with Crippen LogP contribution in [0.2, 0.25) is 0 Å². The van der Waals surface area contributed by atoms with Crippen LogP contribution >= 0.6 is 15.9 Å². The first-order valence-electron chi connectivity index (χ1n) is 8.46. The summed E-state index contributed by atoms with van der Waals surface area (Å²) in [6.07, 6.45) is 9.62. The van der Waals surface area contributed by atoms with Gasteiger partial charge in [0, 0.05) is 24.2 Å². The number of allylic oxidation sites excluding steroid dienone is 5. The van der Waals surface area contributed by atoms with Crippen LogP contribution in [0.25, 0.3) is 5.57 Å². The number of benzene rings is 1. The van der Waals surface area contributed by atoms with E-state index in [0.717, 1.165) is 54.0 Å². The van der Waals surface area contributed by atoms with Gasteiger partial charge in [0.25, 0.3) is 5.91 Å². The van der Waals surface area contributed by atoms with Crippen LogP contribution in [0, 0.1) is 0 Å². The normalized spacial score (nSPS) is 23.8.